The first-order chi connectivity index (χ1) is 33.7. The second-order valence-electron chi connectivity index (χ2n) is 21.5. The Kier molecular flexibility index (Phi) is 23.9. The standard InChI is InChI=1S/C27H46N2O6.C27H42N2O6/c2*1-2-3-9-21(25(33)23(31)18-20-10-5-6-11-22(20)30)19-24(32)27(12-7-4-8-13-27)28-26(34)29-14-16-35-17-15-29/h20-22,25,30,33H,2-19H2,1H3,(H,28,34);20-21H,2-19H2,1H3,(H,28,34)/t20-,21-,22+,25+;20-,21-/m11/s1. The second-order valence-corrected chi connectivity index (χ2v) is 21.5. The number of morpholine rings is 2. The van der Waals surface area contributed by atoms with Gasteiger partial charge >= 0.3 is 12.1 Å². The highest BCUT2D eigenvalue weighted by Crippen LogP contribution is 2.36. The zero-order chi connectivity index (χ0) is 50.5. The molecule has 6 aliphatic rings. The maximum atomic E-state index is 13.8. The van der Waals surface area contributed by atoms with Crippen molar-refractivity contribution in [3.63, 3.8) is 0 Å². The molecule has 0 bridgehead atoms. The molecule has 0 radical (unpaired) electrons. The van der Waals surface area contributed by atoms with E-state index in [1.54, 1.807) is 9.80 Å². The van der Waals surface area contributed by atoms with E-state index in [2.05, 4.69) is 17.6 Å². The molecule has 0 spiro atoms. The quantitative estimate of drug-likeness (QED) is 0.0794. The third kappa shape index (κ3) is 16.7. The van der Waals surface area contributed by atoms with E-state index < -0.39 is 46.7 Å². The van der Waals surface area contributed by atoms with Crippen LogP contribution < -0.4 is 10.6 Å². The number of ether oxygens (including phenoxy) is 2. The molecular weight excluding hydrogens is 897 g/mol. The molecule has 16 nitrogen and oxygen atoms in total. The van der Waals surface area contributed by atoms with Crippen LogP contribution in [0.3, 0.4) is 0 Å². The summed E-state index contributed by atoms with van der Waals surface area (Å²) in [6, 6.07) is -0.483. The van der Waals surface area contributed by atoms with Crippen LogP contribution in [-0.2, 0) is 38.2 Å². The summed E-state index contributed by atoms with van der Waals surface area (Å²) in [5.74, 6) is -3.05. The highest BCUT2D eigenvalue weighted by molar-refractivity contribution is 6.38. The molecule has 70 heavy (non-hydrogen) atoms. The summed E-state index contributed by atoms with van der Waals surface area (Å²) in [5.41, 5.74) is -1.92. The molecule has 6 fully saturated rings. The molecule has 2 heterocycles. The fourth-order valence-electron chi connectivity index (χ4n) is 11.7. The number of unbranched alkanes of at least 4 members (excludes halogenated alkanes) is 2. The van der Waals surface area contributed by atoms with Crippen molar-refractivity contribution >= 4 is 46.8 Å². The number of ketones is 6. The molecule has 396 valence electrons. The van der Waals surface area contributed by atoms with Gasteiger partial charge in [0.15, 0.2) is 23.1 Å². The number of nitrogens with one attached hydrogen (secondary N) is 2. The largest absolute Gasteiger partial charge is 0.393 e. The van der Waals surface area contributed by atoms with Gasteiger partial charge in [0.2, 0.25) is 5.78 Å². The number of hydrogen-bond acceptors (Lipinski definition) is 12. The zero-order valence-electron chi connectivity index (χ0n) is 42.8. The average molecular weight is 985 g/mol. The second kappa shape index (κ2) is 29.2. The average Bonchev–Trinajstić information content (AvgIpc) is 3.38. The van der Waals surface area contributed by atoms with E-state index in [9.17, 15) is 48.6 Å². The molecule has 2 aliphatic heterocycles. The molecular formula is C54H88N4O12. The van der Waals surface area contributed by atoms with Crippen LogP contribution in [0.5, 0.6) is 0 Å². The van der Waals surface area contributed by atoms with Gasteiger partial charge in [0.1, 0.15) is 23.0 Å². The first-order valence-electron chi connectivity index (χ1n) is 27.6. The number of carbonyl (C=O) groups is 8. The number of Topliss-reactive ketones (excluding diaryl/α,β-unsaturated/α-hetero) is 6. The van der Waals surface area contributed by atoms with Gasteiger partial charge in [-0.15, -0.1) is 0 Å². The topological polar surface area (TPSA) is 226 Å². The Morgan fingerprint density at radius 2 is 1.14 bits per heavy atom. The number of rotatable bonds is 22. The van der Waals surface area contributed by atoms with Crippen LogP contribution in [0.4, 0.5) is 9.59 Å². The summed E-state index contributed by atoms with van der Waals surface area (Å²) in [4.78, 5) is 108. The highest BCUT2D eigenvalue weighted by Gasteiger charge is 2.45. The molecule has 0 unspecified atom stereocenters. The first kappa shape index (κ1) is 57.3. The van der Waals surface area contributed by atoms with Crippen LogP contribution in [0, 0.1) is 23.7 Å². The minimum absolute atomic E-state index is 0.0343. The predicted octanol–water partition coefficient (Wildman–Crippen LogP) is 7.15. The van der Waals surface area contributed by atoms with Crippen molar-refractivity contribution in [1.82, 2.24) is 20.4 Å². The van der Waals surface area contributed by atoms with Crippen LogP contribution in [-0.4, -0.2) is 143 Å². The zero-order valence-corrected chi connectivity index (χ0v) is 42.8. The van der Waals surface area contributed by atoms with Gasteiger partial charge < -0.3 is 40.1 Å². The first-order valence-corrected chi connectivity index (χ1v) is 27.6. The fraction of sp³-hybridized carbons (Fsp3) is 0.852. The monoisotopic (exact) mass is 985 g/mol. The summed E-state index contributed by atoms with van der Waals surface area (Å²) >= 11 is 0. The summed E-state index contributed by atoms with van der Waals surface area (Å²) in [6.07, 6.45) is 17.0. The maximum absolute atomic E-state index is 13.8. The molecule has 4 saturated carbocycles. The van der Waals surface area contributed by atoms with Crippen molar-refractivity contribution < 1.29 is 58.0 Å². The van der Waals surface area contributed by atoms with Gasteiger partial charge in [0.25, 0.3) is 0 Å². The Labute approximate surface area is 417 Å². The third-order valence-electron chi connectivity index (χ3n) is 16.4. The van der Waals surface area contributed by atoms with Gasteiger partial charge in [-0.25, -0.2) is 9.59 Å². The number of aliphatic hydroxyl groups excluding tert-OH is 2. The number of urea groups is 2. The lowest BCUT2D eigenvalue weighted by Crippen LogP contribution is -2.60. The summed E-state index contributed by atoms with van der Waals surface area (Å²) in [7, 11) is 0. The lowest BCUT2D eigenvalue weighted by atomic mass is 9.74. The number of nitrogens with zero attached hydrogens (tertiary/aromatic N) is 2. The van der Waals surface area contributed by atoms with E-state index in [1.165, 1.54) is 0 Å². The Morgan fingerprint density at radius 1 is 0.643 bits per heavy atom. The number of aliphatic hydroxyl groups is 2. The van der Waals surface area contributed by atoms with Crippen molar-refractivity contribution in [1.29, 1.82) is 0 Å². The molecule has 6 atom stereocenters. The van der Waals surface area contributed by atoms with Crippen LogP contribution in [0.1, 0.15) is 194 Å². The molecule has 2 saturated heterocycles. The molecule has 0 aromatic carbocycles. The van der Waals surface area contributed by atoms with Crippen molar-refractivity contribution in [2.24, 2.45) is 23.7 Å². The fourth-order valence-corrected chi connectivity index (χ4v) is 11.7. The van der Waals surface area contributed by atoms with Crippen LogP contribution >= 0.6 is 0 Å². The van der Waals surface area contributed by atoms with E-state index in [1.807, 2.05) is 6.92 Å². The van der Waals surface area contributed by atoms with Crippen molar-refractivity contribution in [2.45, 2.75) is 217 Å². The molecule has 16 heteroatoms. The Balaban J connectivity index is 0.000000261. The van der Waals surface area contributed by atoms with Gasteiger partial charge in [0.05, 0.1) is 32.5 Å². The lowest BCUT2D eigenvalue weighted by Gasteiger charge is -2.40. The van der Waals surface area contributed by atoms with E-state index in [4.69, 9.17) is 9.47 Å². The minimum Gasteiger partial charge on any atom is -0.393 e. The number of amides is 4. The van der Waals surface area contributed by atoms with Crippen molar-refractivity contribution in [2.75, 3.05) is 52.6 Å². The molecule has 4 N–H and O–H groups in total. The van der Waals surface area contributed by atoms with Crippen LogP contribution in [0.25, 0.3) is 0 Å². The Morgan fingerprint density at radius 3 is 1.66 bits per heavy atom. The van der Waals surface area contributed by atoms with Gasteiger partial charge in [-0.1, -0.05) is 97.3 Å². The van der Waals surface area contributed by atoms with Crippen LogP contribution in [0.2, 0.25) is 0 Å². The maximum Gasteiger partial charge on any atom is 0.318 e. The van der Waals surface area contributed by atoms with Gasteiger partial charge in [-0.3, -0.25) is 28.8 Å². The van der Waals surface area contributed by atoms with E-state index in [-0.39, 0.29) is 72.7 Å². The normalized spacial score (nSPS) is 25.0. The summed E-state index contributed by atoms with van der Waals surface area (Å²) < 4.78 is 10.7. The lowest BCUT2D eigenvalue weighted by molar-refractivity contribution is -0.142. The van der Waals surface area contributed by atoms with Gasteiger partial charge in [-0.05, 0) is 76.0 Å². The SMILES string of the molecule is CCCC[C@H](CC(=O)C1(NC(=O)N2CCOCC2)CCCCC1)C(=O)C(=O)C[C@H]1CCCCC1=O.CCCC[C@H](CC(=O)C1(NC(=O)N2CCOCC2)CCCCC1)[C@H](O)C(=O)C[C@H]1CCCC[C@@H]1O. The summed E-state index contributed by atoms with van der Waals surface area (Å²) in [5, 5.41) is 27.5. The van der Waals surface area contributed by atoms with Crippen molar-refractivity contribution in [3.05, 3.63) is 0 Å². The predicted molar refractivity (Wildman–Crippen MR) is 264 cm³/mol. The van der Waals surface area contributed by atoms with Gasteiger partial charge in [0, 0.05) is 70.1 Å². The Bertz CT molecular complexity index is 1730. The molecule has 0 aromatic heterocycles. The number of hydrogen-bond donors (Lipinski definition) is 4. The molecule has 6 rings (SSSR count). The minimum atomic E-state index is -1.21. The van der Waals surface area contributed by atoms with Crippen LogP contribution in [0.15, 0.2) is 0 Å². The molecule has 4 amide bonds. The third-order valence-corrected chi connectivity index (χ3v) is 16.4. The molecule has 4 aliphatic carbocycles. The Hall–Kier alpha value is -3.60. The van der Waals surface area contributed by atoms with Crippen molar-refractivity contribution in [3.8, 4) is 0 Å². The van der Waals surface area contributed by atoms with E-state index in [0.29, 0.717) is 110 Å². The van der Waals surface area contributed by atoms with Gasteiger partial charge in [-0.2, -0.15) is 0 Å². The smallest absolute Gasteiger partial charge is 0.318 e. The van der Waals surface area contributed by atoms with E-state index in [0.717, 1.165) is 96.3 Å². The summed E-state index contributed by atoms with van der Waals surface area (Å²) in [6.45, 7) is 8.01. The molecule has 0 aromatic rings. The number of carbonyl (C=O) groups excluding carboxylic acids is 8. The van der Waals surface area contributed by atoms with E-state index >= 15 is 0 Å². The highest BCUT2D eigenvalue weighted by atomic mass is 16.5.